The Morgan fingerprint density at radius 3 is 2.83 bits per heavy atom. The lowest BCUT2D eigenvalue weighted by Crippen LogP contribution is -2.38. The van der Waals surface area contributed by atoms with Gasteiger partial charge in [0, 0.05) is 13.1 Å². The molecular formula is C7H7ClFN3. The van der Waals surface area contributed by atoms with Crippen LogP contribution in [0, 0.1) is 5.82 Å². The molecule has 0 saturated carbocycles. The Balaban J connectivity index is 2.34. The Hall–Kier alpha value is -0.900. The van der Waals surface area contributed by atoms with Gasteiger partial charge in [0.25, 0.3) is 0 Å². The van der Waals surface area contributed by atoms with E-state index in [1.54, 1.807) is 0 Å². The maximum Gasteiger partial charge on any atom is 0.224 e. The summed E-state index contributed by atoms with van der Waals surface area (Å²) in [5.41, 5.74) is 0. The minimum absolute atomic E-state index is 0.0956. The minimum atomic E-state index is -0.404. The van der Waals surface area contributed by atoms with Gasteiger partial charge >= 0.3 is 0 Å². The molecule has 0 aliphatic carbocycles. The van der Waals surface area contributed by atoms with E-state index in [1.807, 2.05) is 4.90 Å². The van der Waals surface area contributed by atoms with Crippen molar-refractivity contribution < 1.29 is 4.39 Å². The third kappa shape index (κ3) is 1.22. The molecule has 0 N–H and O–H groups in total. The number of halogens is 2. The van der Waals surface area contributed by atoms with Gasteiger partial charge in [-0.1, -0.05) is 0 Å². The van der Waals surface area contributed by atoms with Crippen molar-refractivity contribution in [3.05, 3.63) is 17.3 Å². The van der Waals surface area contributed by atoms with Gasteiger partial charge in [-0.15, -0.1) is 0 Å². The summed E-state index contributed by atoms with van der Waals surface area (Å²) >= 11 is 5.53. The summed E-state index contributed by atoms with van der Waals surface area (Å²) in [7, 11) is 0. The molecule has 0 spiro atoms. The van der Waals surface area contributed by atoms with Crippen molar-refractivity contribution >= 4 is 17.4 Å². The fourth-order valence-corrected chi connectivity index (χ4v) is 1.22. The molecule has 1 aromatic heterocycles. The van der Waals surface area contributed by atoms with Crippen molar-refractivity contribution in [1.29, 1.82) is 0 Å². The number of nitrogens with zero attached hydrogens (tertiary/aromatic N) is 3. The van der Waals surface area contributed by atoms with Gasteiger partial charge in [-0.25, -0.2) is 9.37 Å². The molecule has 1 aliphatic heterocycles. The van der Waals surface area contributed by atoms with Gasteiger partial charge < -0.3 is 4.90 Å². The zero-order valence-corrected chi connectivity index (χ0v) is 7.05. The first kappa shape index (κ1) is 7.73. The molecule has 0 unspecified atom stereocenters. The lowest BCUT2D eigenvalue weighted by atomic mass is 10.2. The van der Waals surface area contributed by atoms with Gasteiger partial charge in [-0.2, -0.15) is 4.98 Å². The molecule has 3 nitrogen and oxygen atoms in total. The average Bonchev–Trinajstić information content (AvgIpc) is 1.93. The van der Waals surface area contributed by atoms with Gasteiger partial charge in [-0.05, 0) is 18.0 Å². The van der Waals surface area contributed by atoms with Crippen molar-refractivity contribution in [1.82, 2.24) is 9.97 Å². The van der Waals surface area contributed by atoms with Crippen molar-refractivity contribution in [2.75, 3.05) is 18.0 Å². The molecule has 12 heavy (non-hydrogen) atoms. The van der Waals surface area contributed by atoms with Crippen LogP contribution in [0.3, 0.4) is 0 Å². The molecule has 0 radical (unpaired) electrons. The summed E-state index contributed by atoms with van der Waals surface area (Å²) < 4.78 is 13.0. The van der Waals surface area contributed by atoms with E-state index in [-0.39, 0.29) is 5.28 Å². The highest BCUT2D eigenvalue weighted by Gasteiger charge is 2.19. The standard InChI is InChI=1S/C7H7ClFN3/c8-7-10-4-5(9)6(11-7)12-2-1-3-12/h4H,1-3H2. The highest BCUT2D eigenvalue weighted by atomic mass is 35.5. The number of aromatic nitrogens is 2. The number of rotatable bonds is 1. The van der Waals surface area contributed by atoms with Gasteiger partial charge in [-0.3, -0.25) is 0 Å². The summed E-state index contributed by atoms with van der Waals surface area (Å²) in [4.78, 5) is 9.17. The number of hydrogen-bond donors (Lipinski definition) is 0. The quantitative estimate of drug-likeness (QED) is 0.624. The van der Waals surface area contributed by atoms with Crippen LogP contribution >= 0.6 is 11.6 Å². The lowest BCUT2D eigenvalue weighted by molar-refractivity contribution is 0.558. The van der Waals surface area contributed by atoms with E-state index in [0.29, 0.717) is 5.82 Å². The zero-order valence-electron chi connectivity index (χ0n) is 6.30. The van der Waals surface area contributed by atoms with Gasteiger partial charge in [0.2, 0.25) is 5.28 Å². The summed E-state index contributed by atoms with van der Waals surface area (Å²) in [6.45, 7) is 1.70. The fourth-order valence-electron chi connectivity index (χ4n) is 1.09. The van der Waals surface area contributed by atoms with Gasteiger partial charge in [0.1, 0.15) is 0 Å². The minimum Gasteiger partial charge on any atom is -0.354 e. The first-order valence-corrected chi connectivity index (χ1v) is 4.08. The predicted octanol–water partition coefficient (Wildman–Crippen LogP) is 1.48. The van der Waals surface area contributed by atoms with Crippen LogP contribution in [0.1, 0.15) is 6.42 Å². The van der Waals surface area contributed by atoms with E-state index in [1.165, 1.54) is 0 Å². The maximum absolute atomic E-state index is 13.0. The van der Waals surface area contributed by atoms with Crippen molar-refractivity contribution in [2.24, 2.45) is 0 Å². The molecule has 1 aromatic rings. The second kappa shape index (κ2) is 2.86. The monoisotopic (exact) mass is 187 g/mol. The largest absolute Gasteiger partial charge is 0.354 e. The molecular weight excluding hydrogens is 181 g/mol. The Kier molecular flexibility index (Phi) is 1.84. The zero-order chi connectivity index (χ0) is 8.55. The van der Waals surface area contributed by atoms with E-state index in [4.69, 9.17) is 11.6 Å². The Morgan fingerprint density at radius 2 is 2.25 bits per heavy atom. The van der Waals surface area contributed by atoms with E-state index in [2.05, 4.69) is 9.97 Å². The highest BCUT2D eigenvalue weighted by Crippen LogP contribution is 2.21. The van der Waals surface area contributed by atoms with E-state index in [9.17, 15) is 4.39 Å². The van der Waals surface area contributed by atoms with Gasteiger partial charge in [0.05, 0.1) is 6.20 Å². The molecule has 1 fully saturated rings. The van der Waals surface area contributed by atoms with Crippen molar-refractivity contribution in [3.8, 4) is 0 Å². The molecule has 0 aromatic carbocycles. The van der Waals surface area contributed by atoms with Crippen LogP contribution in [0.2, 0.25) is 5.28 Å². The maximum atomic E-state index is 13.0. The van der Waals surface area contributed by atoms with Crippen molar-refractivity contribution in [2.45, 2.75) is 6.42 Å². The van der Waals surface area contributed by atoms with Crippen LogP contribution in [0.15, 0.2) is 6.20 Å². The van der Waals surface area contributed by atoms with E-state index in [0.717, 1.165) is 25.7 Å². The smallest absolute Gasteiger partial charge is 0.224 e. The molecule has 2 heterocycles. The Bertz CT molecular complexity index is 301. The van der Waals surface area contributed by atoms with E-state index >= 15 is 0 Å². The molecule has 2 rings (SSSR count). The molecule has 0 bridgehead atoms. The molecule has 64 valence electrons. The van der Waals surface area contributed by atoms with E-state index < -0.39 is 5.82 Å². The molecule has 0 amide bonds. The Labute approximate surface area is 74.2 Å². The second-order valence-corrected chi connectivity index (χ2v) is 2.99. The highest BCUT2D eigenvalue weighted by molar-refractivity contribution is 6.28. The van der Waals surface area contributed by atoms with Crippen LogP contribution in [0.5, 0.6) is 0 Å². The summed E-state index contributed by atoms with van der Waals surface area (Å²) in [5, 5.41) is 0.0956. The van der Waals surface area contributed by atoms with Crippen molar-refractivity contribution in [3.63, 3.8) is 0 Å². The predicted molar refractivity (Wildman–Crippen MR) is 43.8 cm³/mol. The third-order valence-electron chi connectivity index (χ3n) is 1.85. The summed E-state index contributed by atoms with van der Waals surface area (Å²) in [6, 6.07) is 0. The van der Waals surface area contributed by atoms with Crippen LogP contribution < -0.4 is 4.90 Å². The first-order chi connectivity index (χ1) is 5.77. The first-order valence-electron chi connectivity index (χ1n) is 3.70. The summed E-state index contributed by atoms with van der Waals surface area (Å²) in [6.07, 6.45) is 2.18. The normalized spacial score (nSPS) is 16.0. The number of hydrogen-bond acceptors (Lipinski definition) is 3. The number of anilines is 1. The molecule has 5 heteroatoms. The molecule has 0 atom stereocenters. The van der Waals surface area contributed by atoms with Crippen LogP contribution in [-0.4, -0.2) is 23.1 Å². The fraction of sp³-hybridized carbons (Fsp3) is 0.429. The van der Waals surface area contributed by atoms with Crippen LogP contribution in [0.25, 0.3) is 0 Å². The summed E-state index contributed by atoms with van der Waals surface area (Å²) in [5.74, 6) is -0.0830. The third-order valence-corrected chi connectivity index (χ3v) is 2.03. The molecule has 1 saturated heterocycles. The molecule has 1 aliphatic rings. The van der Waals surface area contributed by atoms with Crippen LogP contribution in [-0.2, 0) is 0 Å². The second-order valence-electron chi connectivity index (χ2n) is 2.65. The topological polar surface area (TPSA) is 29.0 Å². The average molecular weight is 188 g/mol. The SMILES string of the molecule is Fc1cnc(Cl)nc1N1CCC1. The van der Waals surface area contributed by atoms with Gasteiger partial charge in [0.15, 0.2) is 11.6 Å². The Morgan fingerprint density at radius 1 is 1.50 bits per heavy atom. The van der Waals surface area contributed by atoms with Crippen LogP contribution in [0.4, 0.5) is 10.2 Å². The lowest BCUT2D eigenvalue weighted by Gasteiger charge is -2.31.